The smallest absolute Gasteiger partial charge is 0.165 e. The Morgan fingerprint density at radius 3 is 2.59 bits per heavy atom. The maximum Gasteiger partial charge on any atom is 0.165 e. The molecule has 0 saturated heterocycles. The highest BCUT2D eigenvalue weighted by molar-refractivity contribution is 7.98. The number of hydrogen-bond acceptors (Lipinski definition) is 2. The van der Waals surface area contributed by atoms with Crippen molar-refractivity contribution < 1.29 is 9.13 Å². The quantitative estimate of drug-likeness (QED) is 0.757. The van der Waals surface area contributed by atoms with Crippen molar-refractivity contribution in [2.24, 2.45) is 0 Å². The third-order valence-electron chi connectivity index (χ3n) is 2.48. The Hall–Kier alpha value is -1.48. The fourth-order valence-corrected chi connectivity index (χ4v) is 1.93. The van der Waals surface area contributed by atoms with Gasteiger partial charge in [0.2, 0.25) is 0 Å². The Bertz CT molecular complexity index is 508. The van der Waals surface area contributed by atoms with Crippen molar-refractivity contribution >= 4 is 11.8 Å². The molecule has 0 aliphatic rings. The van der Waals surface area contributed by atoms with Crippen molar-refractivity contribution in [3.8, 4) is 16.9 Å². The number of thioether (sulfide) groups is 1. The molecule has 87 valence electrons. The van der Waals surface area contributed by atoms with Crippen LogP contribution < -0.4 is 4.74 Å². The molecule has 0 N–H and O–H groups in total. The molecule has 0 saturated carbocycles. The van der Waals surface area contributed by atoms with E-state index in [1.165, 1.54) is 13.2 Å². The predicted molar refractivity (Wildman–Crippen MR) is 69.0 cm³/mol. The molecule has 1 nitrogen and oxygen atoms in total. The van der Waals surface area contributed by atoms with E-state index in [0.29, 0.717) is 0 Å². The van der Waals surface area contributed by atoms with Crippen LogP contribution in [0.25, 0.3) is 11.1 Å². The lowest BCUT2D eigenvalue weighted by molar-refractivity contribution is 0.386. The van der Waals surface area contributed by atoms with Crippen LogP contribution in [0.15, 0.2) is 41.3 Å². The summed E-state index contributed by atoms with van der Waals surface area (Å²) in [6.45, 7) is 0. The maximum atomic E-state index is 13.5. The van der Waals surface area contributed by atoms with E-state index >= 15 is 0 Å². The molecule has 0 bridgehead atoms. The fourth-order valence-electron chi connectivity index (χ4n) is 1.55. The zero-order chi connectivity index (χ0) is 12.3. The Morgan fingerprint density at radius 1 is 1.24 bits per heavy atom. The van der Waals surface area contributed by atoms with Gasteiger partial charge in [0.1, 0.15) is 0 Å². The number of hydrogen-bond donors (Lipinski definition) is 0. The molecule has 0 atom stereocenters. The van der Waals surface area contributed by atoms with Gasteiger partial charge in [-0.2, -0.15) is 0 Å². The first-order valence-corrected chi connectivity index (χ1v) is 6.36. The molecule has 0 aliphatic heterocycles. The Morgan fingerprint density at radius 2 is 2.06 bits per heavy atom. The van der Waals surface area contributed by atoms with E-state index in [9.17, 15) is 4.39 Å². The van der Waals surface area contributed by atoms with E-state index in [1.54, 1.807) is 17.8 Å². The van der Waals surface area contributed by atoms with Crippen molar-refractivity contribution in [3.05, 3.63) is 48.3 Å². The first kappa shape index (κ1) is 12.0. The summed E-state index contributed by atoms with van der Waals surface area (Å²) < 4.78 is 18.4. The van der Waals surface area contributed by atoms with Crippen LogP contribution in [0.2, 0.25) is 0 Å². The van der Waals surface area contributed by atoms with Crippen LogP contribution in [0, 0.1) is 11.9 Å². The van der Waals surface area contributed by atoms with Crippen LogP contribution >= 0.6 is 11.8 Å². The minimum absolute atomic E-state index is 0.259. The number of ether oxygens (including phenoxy) is 1. The Labute approximate surface area is 105 Å². The second-order valence-corrected chi connectivity index (χ2v) is 4.37. The van der Waals surface area contributed by atoms with Crippen LogP contribution in [0.1, 0.15) is 0 Å². The largest absolute Gasteiger partial charge is 0.494 e. The summed E-state index contributed by atoms with van der Waals surface area (Å²) in [6.07, 6.45) is 2.01. The number of methoxy groups -OCH3 is 1. The summed E-state index contributed by atoms with van der Waals surface area (Å²) in [5.41, 5.74) is 1.68. The van der Waals surface area contributed by atoms with E-state index in [-0.39, 0.29) is 11.6 Å². The molecule has 2 rings (SSSR count). The molecule has 1 radical (unpaired) electrons. The van der Waals surface area contributed by atoms with E-state index in [0.717, 1.165) is 16.0 Å². The Balaban J connectivity index is 2.35. The van der Waals surface area contributed by atoms with Gasteiger partial charge in [0.15, 0.2) is 11.6 Å². The minimum Gasteiger partial charge on any atom is -0.494 e. The van der Waals surface area contributed by atoms with Gasteiger partial charge in [-0.1, -0.05) is 12.1 Å². The highest BCUT2D eigenvalue weighted by Crippen LogP contribution is 2.26. The van der Waals surface area contributed by atoms with Gasteiger partial charge in [0.05, 0.1) is 7.11 Å². The highest BCUT2D eigenvalue weighted by Gasteiger charge is 2.05. The summed E-state index contributed by atoms with van der Waals surface area (Å²) in [4.78, 5) is 1.14. The molecule has 0 aliphatic carbocycles. The van der Waals surface area contributed by atoms with Crippen molar-refractivity contribution in [2.75, 3.05) is 13.4 Å². The van der Waals surface area contributed by atoms with Crippen LogP contribution in [0.5, 0.6) is 5.75 Å². The van der Waals surface area contributed by atoms with Crippen molar-refractivity contribution in [3.63, 3.8) is 0 Å². The van der Waals surface area contributed by atoms with Gasteiger partial charge >= 0.3 is 0 Å². The summed E-state index contributed by atoms with van der Waals surface area (Å²) in [5.74, 6) is -0.0955. The molecule has 0 fully saturated rings. The van der Waals surface area contributed by atoms with Gasteiger partial charge in [-0.15, -0.1) is 11.8 Å². The molecule has 17 heavy (non-hydrogen) atoms. The average Bonchev–Trinajstić information content (AvgIpc) is 2.39. The zero-order valence-electron chi connectivity index (χ0n) is 9.66. The maximum absolute atomic E-state index is 13.5. The monoisotopic (exact) mass is 247 g/mol. The third-order valence-corrected chi connectivity index (χ3v) is 3.21. The van der Waals surface area contributed by atoms with Gasteiger partial charge in [-0.25, -0.2) is 4.39 Å². The van der Waals surface area contributed by atoms with Gasteiger partial charge in [0, 0.05) is 4.90 Å². The normalized spacial score (nSPS) is 10.3. The van der Waals surface area contributed by atoms with Crippen LogP contribution in [-0.4, -0.2) is 13.4 Å². The highest BCUT2D eigenvalue weighted by atomic mass is 32.2. The third kappa shape index (κ3) is 2.61. The van der Waals surface area contributed by atoms with Gasteiger partial charge in [-0.05, 0) is 47.7 Å². The number of halogens is 1. The molecule has 0 aromatic heterocycles. The lowest BCUT2D eigenvalue weighted by atomic mass is 10.1. The van der Waals surface area contributed by atoms with Crippen molar-refractivity contribution in [1.29, 1.82) is 0 Å². The van der Waals surface area contributed by atoms with Gasteiger partial charge in [0.25, 0.3) is 0 Å². The molecule has 0 unspecified atom stereocenters. The summed E-state index contributed by atoms with van der Waals surface area (Å²) in [6, 6.07) is 13.9. The van der Waals surface area contributed by atoms with Crippen LogP contribution in [0.4, 0.5) is 4.39 Å². The lowest BCUT2D eigenvalue weighted by Crippen LogP contribution is -1.88. The van der Waals surface area contributed by atoms with Gasteiger partial charge < -0.3 is 4.74 Å². The second kappa shape index (κ2) is 5.23. The van der Waals surface area contributed by atoms with Crippen molar-refractivity contribution in [1.82, 2.24) is 0 Å². The molecule has 2 aromatic rings. The molecular weight excluding hydrogens is 235 g/mol. The van der Waals surface area contributed by atoms with Gasteiger partial charge in [-0.3, -0.25) is 0 Å². The van der Waals surface area contributed by atoms with Crippen LogP contribution in [-0.2, 0) is 0 Å². The molecule has 0 spiro atoms. The van der Waals surface area contributed by atoms with Crippen LogP contribution in [0.3, 0.4) is 0 Å². The minimum atomic E-state index is -0.354. The second-order valence-electron chi connectivity index (χ2n) is 3.49. The fraction of sp³-hybridized carbons (Fsp3) is 0.143. The van der Waals surface area contributed by atoms with Crippen molar-refractivity contribution in [2.45, 2.75) is 4.90 Å². The van der Waals surface area contributed by atoms with E-state index in [4.69, 9.17) is 4.74 Å². The lowest BCUT2D eigenvalue weighted by Gasteiger charge is -2.05. The molecule has 0 heterocycles. The standard InChI is InChI=1S/C14H12FOS/c1-16-14-8-5-11(9-13(14)15)10-3-6-12(17-2)7-4-10/h3,5-9H,1-2H3. The summed E-state index contributed by atoms with van der Waals surface area (Å²) in [7, 11) is 1.46. The van der Waals surface area contributed by atoms with E-state index in [1.807, 2.05) is 30.5 Å². The summed E-state index contributed by atoms with van der Waals surface area (Å²) in [5, 5.41) is 0. The summed E-state index contributed by atoms with van der Waals surface area (Å²) >= 11 is 1.66. The average molecular weight is 247 g/mol. The molecule has 2 aromatic carbocycles. The molecule has 0 amide bonds. The molecular formula is C14H12FOS. The number of benzene rings is 2. The number of rotatable bonds is 3. The Kier molecular flexibility index (Phi) is 3.69. The van der Waals surface area contributed by atoms with E-state index in [2.05, 4.69) is 6.07 Å². The first-order chi connectivity index (χ1) is 8.24. The first-order valence-electron chi connectivity index (χ1n) is 5.14. The zero-order valence-corrected chi connectivity index (χ0v) is 10.5. The topological polar surface area (TPSA) is 9.23 Å². The SMILES string of the molecule is COc1ccc(-c2[c]cc(SC)cc2)cc1F. The molecule has 3 heteroatoms. The van der Waals surface area contributed by atoms with E-state index < -0.39 is 0 Å². The predicted octanol–water partition coefficient (Wildman–Crippen LogP) is 4.02.